The summed E-state index contributed by atoms with van der Waals surface area (Å²) >= 11 is 9.46. The maximum absolute atomic E-state index is 13.2. The van der Waals surface area contributed by atoms with E-state index in [4.69, 9.17) is 11.6 Å². The minimum atomic E-state index is -0.211. The van der Waals surface area contributed by atoms with Crippen LogP contribution in [0.25, 0.3) is 0 Å². The second-order valence-corrected chi connectivity index (χ2v) is 5.46. The summed E-state index contributed by atoms with van der Waals surface area (Å²) in [5.74, 6) is 0.407. The topological polar surface area (TPSA) is 0 Å². The van der Waals surface area contributed by atoms with Gasteiger partial charge in [-0.15, -0.1) is 11.6 Å². The molecule has 0 aliphatic carbocycles. The summed E-state index contributed by atoms with van der Waals surface area (Å²) in [7, 11) is 0. The molecule has 2 aromatic carbocycles. The van der Waals surface area contributed by atoms with Crippen molar-refractivity contribution < 1.29 is 4.39 Å². The van der Waals surface area contributed by atoms with Crippen LogP contribution >= 0.6 is 27.5 Å². The Bertz CT molecular complexity index is 527. The molecule has 2 rings (SSSR count). The van der Waals surface area contributed by atoms with Crippen molar-refractivity contribution in [1.82, 2.24) is 0 Å². The Hall–Kier alpha value is -0.860. The van der Waals surface area contributed by atoms with Crippen LogP contribution in [-0.2, 0) is 6.42 Å². The average molecular weight is 328 g/mol. The lowest BCUT2D eigenvalue weighted by molar-refractivity contribution is 0.621. The Morgan fingerprint density at radius 2 is 1.89 bits per heavy atom. The molecule has 18 heavy (non-hydrogen) atoms. The predicted octanol–water partition coefficient (Wildman–Crippen LogP) is 5.15. The largest absolute Gasteiger partial charge is 0.207 e. The van der Waals surface area contributed by atoms with Crippen molar-refractivity contribution in [2.75, 3.05) is 5.88 Å². The molecule has 0 radical (unpaired) electrons. The first-order chi connectivity index (χ1) is 8.69. The van der Waals surface area contributed by atoms with E-state index in [1.165, 1.54) is 11.6 Å². The van der Waals surface area contributed by atoms with E-state index in [1.807, 2.05) is 18.2 Å². The van der Waals surface area contributed by atoms with E-state index in [0.717, 1.165) is 16.5 Å². The fraction of sp³-hybridized carbons (Fsp3) is 0.200. The van der Waals surface area contributed by atoms with Crippen molar-refractivity contribution in [1.29, 1.82) is 0 Å². The SMILES string of the molecule is Fc1cccc(C(CCl)Cc2cccc(Br)c2)c1. The van der Waals surface area contributed by atoms with Crippen LogP contribution in [0.4, 0.5) is 4.39 Å². The zero-order chi connectivity index (χ0) is 13.0. The van der Waals surface area contributed by atoms with Crippen molar-refractivity contribution in [3.8, 4) is 0 Å². The van der Waals surface area contributed by atoms with Gasteiger partial charge in [0.15, 0.2) is 0 Å². The highest BCUT2D eigenvalue weighted by molar-refractivity contribution is 9.10. The van der Waals surface area contributed by atoms with Crippen LogP contribution < -0.4 is 0 Å². The molecule has 1 atom stereocenters. The molecule has 0 aromatic heterocycles. The van der Waals surface area contributed by atoms with Crippen LogP contribution in [-0.4, -0.2) is 5.88 Å². The van der Waals surface area contributed by atoms with Gasteiger partial charge in [0.2, 0.25) is 0 Å². The van der Waals surface area contributed by atoms with Crippen molar-refractivity contribution in [3.05, 3.63) is 69.9 Å². The third-order valence-corrected chi connectivity index (χ3v) is 3.74. The zero-order valence-corrected chi connectivity index (χ0v) is 12.1. The summed E-state index contributed by atoms with van der Waals surface area (Å²) in [6.45, 7) is 0. The fourth-order valence-electron chi connectivity index (χ4n) is 1.97. The number of hydrogen-bond donors (Lipinski definition) is 0. The zero-order valence-electron chi connectivity index (χ0n) is 9.74. The van der Waals surface area contributed by atoms with Crippen LogP contribution in [0.1, 0.15) is 17.0 Å². The van der Waals surface area contributed by atoms with Crippen LogP contribution in [0.15, 0.2) is 53.0 Å². The first kappa shape index (κ1) is 13.6. The van der Waals surface area contributed by atoms with Gasteiger partial charge >= 0.3 is 0 Å². The third-order valence-electron chi connectivity index (χ3n) is 2.88. The van der Waals surface area contributed by atoms with Crippen LogP contribution in [0.2, 0.25) is 0 Å². The van der Waals surface area contributed by atoms with E-state index in [0.29, 0.717) is 5.88 Å². The highest BCUT2D eigenvalue weighted by Crippen LogP contribution is 2.24. The maximum Gasteiger partial charge on any atom is 0.123 e. The molecule has 0 saturated heterocycles. The van der Waals surface area contributed by atoms with Gasteiger partial charge in [0.05, 0.1) is 0 Å². The summed E-state index contributed by atoms with van der Waals surface area (Å²) in [6, 6.07) is 14.8. The fourth-order valence-corrected chi connectivity index (χ4v) is 2.70. The van der Waals surface area contributed by atoms with Crippen molar-refractivity contribution in [3.63, 3.8) is 0 Å². The molecule has 0 aliphatic heterocycles. The number of alkyl halides is 1. The smallest absolute Gasteiger partial charge is 0.123 e. The van der Waals surface area contributed by atoms with Crippen molar-refractivity contribution in [2.24, 2.45) is 0 Å². The van der Waals surface area contributed by atoms with Gasteiger partial charge in [-0.25, -0.2) is 4.39 Å². The molecule has 0 aliphatic rings. The summed E-state index contributed by atoms with van der Waals surface area (Å²) in [6.07, 6.45) is 0.812. The van der Waals surface area contributed by atoms with Gasteiger partial charge in [-0.2, -0.15) is 0 Å². The number of hydrogen-bond acceptors (Lipinski definition) is 0. The molecular formula is C15H13BrClF. The van der Waals surface area contributed by atoms with E-state index >= 15 is 0 Å². The Balaban J connectivity index is 2.19. The van der Waals surface area contributed by atoms with Crippen molar-refractivity contribution in [2.45, 2.75) is 12.3 Å². The van der Waals surface area contributed by atoms with E-state index in [9.17, 15) is 4.39 Å². The molecule has 94 valence electrons. The molecule has 0 heterocycles. The molecule has 0 fully saturated rings. The van der Waals surface area contributed by atoms with E-state index in [2.05, 4.69) is 28.1 Å². The highest BCUT2D eigenvalue weighted by atomic mass is 79.9. The lowest BCUT2D eigenvalue weighted by Gasteiger charge is -2.14. The minimum absolute atomic E-state index is 0.136. The molecule has 1 unspecified atom stereocenters. The van der Waals surface area contributed by atoms with E-state index in [1.54, 1.807) is 12.1 Å². The standard InChI is InChI=1S/C15H13BrClF/c16-14-5-1-3-11(8-14)7-13(10-17)12-4-2-6-15(18)9-12/h1-6,8-9,13H,7,10H2. The Morgan fingerprint density at radius 3 is 2.56 bits per heavy atom. The maximum atomic E-state index is 13.2. The molecule has 3 heteroatoms. The van der Waals surface area contributed by atoms with Gasteiger partial charge in [0.25, 0.3) is 0 Å². The first-order valence-corrected chi connectivity index (χ1v) is 7.07. The molecular weight excluding hydrogens is 315 g/mol. The summed E-state index contributed by atoms with van der Waals surface area (Å²) in [4.78, 5) is 0. The third kappa shape index (κ3) is 3.56. The highest BCUT2D eigenvalue weighted by Gasteiger charge is 2.12. The van der Waals surface area contributed by atoms with Gasteiger partial charge in [0.1, 0.15) is 5.82 Å². The molecule has 0 spiro atoms. The molecule has 2 aromatic rings. The summed E-state index contributed by atoms with van der Waals surface area (Å²) in [5.41, 5.74) is 2.14. The van der Waals surface area contributed by atoms with Gasteiger partial charge in [-0.1, -0.05) is 40.2 Å². The first-order valence-electron chi connectivity index (χ1n) is 5.75. The Kier molecular flexibility index (Phi) is 4.79. The summed E-state index contributed by atoms with van der Waals surface area (Å²) in [5, 5.41) is 0. The second kappa shape index (κ2) is 6.35. The molecule has 0 bridgehead atoms. The van der Waals surface area contributed by atoms with Crippen LogP contribution in [0, 0.1) is 5.82 Å². The van der Waals surface area contributed by atoms with Crippen molar-refractivity contribution >= 4 is 27.5 Å². The normalized spacial score (nSPS) is 12.4. The lowest BCUT2D eigenvalue weighted by atomic mass is 9.93. The molecule has 0 nitrogen and oxygen atoms in total. The quantitative estimate of drug-likeness (QED) is 0.681. The Labute approximate surface area is 120 Å². The van der Waals surface area contributed by atoms with Crippen LogP contribution in [0.3, 0.4) is 0 Å². The lowest BCUT2D eigenvalue weighted by Crippen LogP contribution is -2.05. The van der Waals surface area contributed by atoms with Gasteiger partial charge in [0, 0.05) is 16.3 Å². The average Bonchev–Trinajstić information content (AvgIpc) is 2.36. The number of rotatable bonds is 4. The molecule has 0 amide bonds. The van der Waals surface area contributed by atoms with E-state index < -0.39 is 0 Å². The molecule has 0 N–H and O–H groups in total. The monoisotopic (exact) mass is 326 g/mol. The van der Waals surface area contributed by atoms with Gasteiger partial charge in [-0.3, -0.25) is 0 Å². The minimum Gasteiger partial charge on any atom is -0.207 e. The van der Waals surface area contributed by atoms with Gasteiger partial charge < -0.3 is 0 Å². The number of benzene rings is 2. The Morgan fingerprint density at radius 1 is 1.11 bits per heavy atom. The number of halogens is 3. The van der Waals surface area contributed by atoms with Crippen LogP contribution in [0.5, 0.6) is 0 Å². The summed E-state index contributed by atoms with van der Waals surface area (Å²) < 4.78 is 14.3. The molecule has 0 saturated carbocycles. The second-order valence-electron chi connectivity index (χ2n) is 4.24. The predicted molar refractivity (Wildman–Crippen MR) is 77.7 cm³/mol. The van der Waals surface area contributed by atoms with E-state index in [-0.39, 0.29) is 11.7 Å². The van der Waals surface area contributed by atoms with Gasteiger partial charge in [-0.05, 0) is 41.8 Å².